The Morgan fingerprint density at radius 1 is 1.10 bits per heavy atom. The first kappa shape index (κ1) is 14.6. The number of amides is 2. The van der Waals surface area contributed by atoms with Gasteiger partial charge in [-0.25, -0.2) is 4.79 Å². The van der Waals surface area contributed by atoms with Crippen LogP contribution in [0.5, 0.6) is 0 Å². The Morgan fingerprint density at radius 2 is 1.81 bits per heavy atom. The molecule has 2 bridgehead atoms. The number of fused-ring (bicyclic) bond motifs is 2. The largest absolute Gasteiger partial charge is 0.481 e. The van der Waals surface area contributed by atoms with Crippen molar-refractivity contribution in [1.29, 1.82) is 0 Å². The third kappa shape index (κ3) is 2.50. The van der Waals surface area contributed by atoms with Crippen LogP contribution in [0.15, 0.2) is 0 Å². The monoisotopic (exact) mass is 295 g/mol. The van der Waals surface area contributed by atoms with E-state index in [4.69, 9.17) is 0 Å². The van der Waals surface area contributed by atoms with Gasteiger partial charge in [0.15, 0.2) is 0 Å². The van der Waals surface area contributed by atoms with Gasteiger partial charge in [-0.15, -0.1) is 0 Å². The van der Waals surface area contributed by atoms with Crippen molar-refractivity contribution in [3.63, 3.8) is 0 Å². The molecule has 3 saturated heterocycles. The van der Waals surface area contributed by atoms with Crippen molar-refractivity contribution in [2.75, 3.05) is 33.2 Å². The van der Waals surface area contributed by atoms with Gasteiger partial charge in [-0.2, -0.15) is 0 Å². The average molecular weight is 295 g/mol. The smallest absolute Gasteiger partial charge is 0.320 e. The molecule has 3 aliphatic rings. The van der Waals surface area contributed by atoms with Crippen molar-refractivity contribution in [3.8, 4) is 0 Å². The molecule has 0 aromatic carbocycles. The van der Waals surface area contributed by atoms with Crippen LogP contribution in [-0.2, 0) is 4.79 Å². The van der Waals surface area contributed by atoms with Gasteiger partial charge >= 0.3 is 12.0 Å². The number of carboxylic acid groups (broad SMARTS) is 1. The number of carboxylic acids is 1. The molecule has 3 atom stereocenters. The van der Waals surface area contributed by atoms with Crippen molar-refractivity contribution >= 4 is 12.0 Å². The van der Waals surface area contributed by atoms with E-state index in [1.807, 2.05) is 4.90 Å². The number of likely N-dealkylation sites (N-methyl/N-ethyl adjacent to an activating group) is 1. The molecular weight excluding hydrogens is 270 g/mol. The third-order valence-corrected chi connectivity index (χ3v) is 5.68. The zero-order chi connectivity index (χ0) is 15.2. The highest BCUT2D eigenvalue weighted by Gasteiger charge is 2.44. The number of carbonyl (C=O) groups is 2. The van der Waals surface area contributed by atoms with Gasteiger partial charge in [0.25, 0.3) is 0 Å². The lowest BCUT2D eigenvalue weighted by Gasteiger charge is -2.30. The first-order valence-electron chi connectivity index (χ1n) is 7.90. The zero-order valence-electron chi connectivity index (χ0n) is 12.9. The molecule has 0 saturated carbocycles. The number of aliphatic carboxylic acids is 1. The van der Waals surface area contributed by atoms with Gasteiger partial charge in [-0.3, -0.25) is 9.69 Å². The van der Waals surface area contributed by atoms with E-state index in [0.717, 1.165) is 25.9 Å². The average Bonchev–Trinajstić information content (AvgIpc) is 2.92. The summed E-state index contributed by atoms with van der Waals surface area (Å²) in [7, 11) is 2.16. The van der Waals surface area contributed by atoms with Gasteiger partial charge in [0.2, 0.25) is 0 Å². The van der Waals surface area contributed by atoms with Crippen LogP contribution < -0.4 is 0 Å². The summed E-state index contributed by atoms with van der Waals surface area (Å²) in [5.41, 5.74) is -0.780. The highest BCUT2D eigenvalue weighted by atomic mass is 16.4. The molecule has 118 valence electrons. The van der Waals surface area contributed by atoms with Gasteiger partial charge < -0.3 is 14.9 Å². The summed E-state index contributed by atoms with van der Waals surface area (Å²) < 4.78 is 0. The van der Waals surface area contributed by atoms with Crippen LogP contribution in [0, 0.1) is 5.41 Å². The Kier molecular flexibility index (Phi) is 3.59. The number of hydrogen-bond acceptors (Lipinski definition) is 3. The van der Waals surface area contributed by atoms with Crippen molar-refractivity contribution < 1.29 is 14.7 Å². The van der Waals surface area contributed by atoms with Crippen LogP contribution in [0.2, 0.25) is 0 Å². The van der Waals surface area contributed by atoms with Crippen LogP contribution in [0.4, 0.5) is 4.79 Å². The molecule has 2 amide bonds. The lowest BCUT2D eigenvalue weighted by molar-refractivity contribution is -0.147. The summed E-state index contributed by atoms with van der Waals surface area (Å²) in [6, 6.07) is 1.10. The predicted octanol–water partition coefficient (Wildman–Crippen LogP) is 1.07. The predicted molar refractivity (Wildman–Crippen MR) is 78.1 cm³/mol. The van der Waals surface area contributed by atoms with Crippen molar-refractivity contribution in [1.82, 2.24) is 14.7 Å². The minimum atomic E-state index is -0.799. The molecule has 3 unspecified atom stereocenters. The maximum atomic E-state index is 12.7. The van der Waals surface area contributed by atoms with Gasteiger partial charge in [-0.1, -0.05) is 0 Å². The van der Waals surface area contributed by atoms with Gasteiger partial charge in [0.1, 0.15) is 0 Å². The lowest BCUT2D eigenvalue weighted by Crippen LogP contribution is -2.47. The van der Waals surface area contributed by atoms with Crippen molar-refractivity contribution in [3.05, 3.63) is 0 Å². The fourth-order valence-electron chi connectivity index (χ4n) is 3.98. The van der Waals surface area contributed by atoms with Gasteiger partial charge in [0.05, 0.1) is 5.41 Å². The van der Waals surface area contributed by atoms with Gasteiger partial charge in [-0.05, 0) is 39.7 Å². The molecule has 3 fully saturated rings. The van der Waals surface area contributed by atoms with E-state index in [1.165, 1.54) is 6.42 Å². The number of rotatable bonds is 1. The molecule has 0 aliphatic carbocycles. The Morgan fingerprint density at radius 3 is 2.48 bits per heavy atom. The Bertz CT molecular complexity index is 455. The number of urea groups is 1. The van der Waals surface area contributed by atoms with E-state index >= 15 is 0 Å². The van der Waals surface area contributed by atoms with E-state index in [9.17, 15) is 14.7 Å². The Hall–Kier alpha value is -1.30. The summed E-state index contributed by atoms with van der Waals surface area (Å²) in [4.78, 5) is 30.1. The second-order valence-electron chi connectivity index (χ2n) is 7.11. The first-order valence-corrected chi connectivity index (χ1v) is 7.90. The van der Waals surface area contributed by atoms with Crippen LogP contribution in [0.25, 0.3) is 0 Å². The lowest BCUT2D eigenvalue weighted by atomic mass is 9.90. The summed E-state index contributed by atoms with van der Waals surface area (Å²) >= 11 is 0. The van der Waals surface area contributed by atoms with Crippen LogP contribution in [-0.4, -0.2) is 77.1 Å². The van der Waals surface area contributed by atoms with E-state index in [0.29, 0.717) is 31.6 Å². The molecule has 6 heteroatoms. The molecule has 0 spiro atoms. The number of hydrogen-bond donors (Lipinski definition) is 1. The summed E-state index contributed by atoms with van der Waals surface area (Å²) in [6.07, 6.45) is 3.98. The van der Waals surface area contributed by atoms with Crippen LogP contribution in [0.3, 0.4) is 0 Å². The van der Waals surface area contributed by atoms with E-state index in [-0.39, 0.29) is 6.03 Å². The summed E-state index contributed by atoms with van der Waals surface area (Å²) in [5.74, 6) is -0.799. The van der Waals surface area contributed by atoms with E-state index < -0.39 is 11.4 Å². The highest BCUT2D eigenvalue weighted by Crippen LogP contribution is 2.32. The summed E-state index contributed by atoms with van der Waals surface area (Å²) in [5, 5.41) is 9.29. The molecular formula is C15H25N3O3. The van der Waals surface area contributed by atoms with Crippen LogP contribution in [0.1, 0.15) is 32.6 Å². The number of nitrogens with zero attached hydrogens (tertiary/aromatic N) is 3. The van der Waals surface area contributed by atoms with Gasteiger partial charge in [0, 0.05) is 38.3 Å². The fourth-order valence-corrected chi connectivity index (χ4v) is 3.98. The normalized spacial score (nSPS) is 36.9. The standard InChI is InChI=1S/C15H25N3O3/c1-15(13(19)20)6-8-18(10-15)14(21)17-7-5-11-3-4-12(9-17)16(11)2/h11-12H,3-10H2,1-2H3,(H,19,20). The molecule has 0 radical (unpaired) electrons. The fraction of sp³-hybridized carbons (Fsp3) is 0.867. The maximum absolute atomic E-state index is 12.7. The van der Waals surface area contributed by atoms with Crippen molar-refractivity contribution in [2.45, 2.75) is 44.7 Å². The minimum absolute atomic E-state index is 0.0286. The number of carbonyl (C=O) groups excluding carboxylic acids is 1. The molecule has 6 nitrogen and oxygen atoms in total. The quantitative estimate of drug-likeness (QED) is 0.786. The molecule has 21 heavy (non-hydrogen) atoms. The number of likely N-dealkylation sites (tertiary alicyclic amines) is 2. The zero-order valence-corrected chi connectivity index (χ0v) is 12.9. The molecule has 0 aromatic rings. The summed E-state index contributed by atoms with van der Waals surface area (Å²) in [6.45, 7) is 4.21. The maximum Gasteiger partial charge on any atom is 0.320 e. The molecule has 0 aromatic heterocycles. The molecule has 1 N–H and O–H groups in total. The third-order valence-electron chi connectivity index (χ3n) is 5.68. The highest BCUT2D eigenvalue weighted by molar-refractivity contribution is 5.79. The minimum Gasteiger partial charge on any atom is -0.481 e. The molecule has 3 aliphatic heterocycles. The Balaban J connectivity index is 1.65. The van der Waals surface area contributed by atoms with Crippen LogP contribution >= 0.6 is 0 Å². The topological polar surface area (TPSA) is 64.1 Å². The molecule has 3 rings (SSSR count). The van der Waals surface area contributed by atoms with E-state index in [2.05, 4.69) is 11.9 Å². The van der Waals surface area contributed by atoms with Crippen molar-refractivity contribution in [2.24, 2.45) is 5.41 Å². The second-order valence-corrected chi connectivity index (χ2v) is 7.11. The Labute approximate surface area is 125 Å². The SMILES string of the molecule is CN1C2CCC1CN(C(=O)N1CCC(C)(C(=O)O)C1)CC2. The molecule has 3 heterocycles. The van der Waals surface area contributed by atoms with E-state index in [1.54, 1.807) is 11.8 Å². The first-order chi connectivity index (χ1) is 9.90. The second kappa shape index (κ2) is 5.16.